The Morgan fingerprint density at radius 1 is 1.03 bits per heavy atom. The average Bonchev–Trinajstić information content (AvgIpc) is 3.27. The third kappa shape index (κ3) is 6.22. The highest BCUT2D eigenvalue weighted by Gasteiger charge is 2.41. The Morgan fingerprint density at radius 2 is 1.81 bits per heavy atom. The first-order valence-electron chi connectivity index (χ1n) is 12.6. The third-order valence-corrected chi connectivity index (χ3v) is 7.25. The van der Waals surface area contributed by atoms with Crippen molar-refractivity contribution in [1.29, 1.82) is 0 Å². The number of hydrogen-bond donors (Lipinski definition) is 1. The lowest BCUT2D eigenvalue weighted by atomic mass is 10.1. The fourth-order valence-electron chi connectivity index (χ4n) is 5.27. The zero-order valence-electron chi connectivity index (χ0n) is 20.1. The molecule has 1 aromatic carbocycles. The lowest BCUT2D eigenvalue weighted by Gasteiger charge is -2.36. The molecule has 0 bridgehead atoms. The molecule has 7 nitrogen and oxygen atoms in total. The zero-order chi connectivity index (χ0) is 22.2. The maximum absolute atomic E-state index is 6.15. The molecule has 32 heavy (non-hydrogen) atoms. The number of benzene rings is 1. The molecule has 2 unspecified atom stereocenters. The SMILES string of the molecule is CCN1CCN(CCCCNC(=NC)N2CC3OCCN(Cc4ccccc4)C3C2)CC1. The van der Waals surface area contributed by atoms with Gasteiger partial charge in [0.15, 0.2) is 5.96 Å². The molecule has 3 heterocycles. The third-order valence-electron chi connectivity index (χ3n) is 7.25. The van der Waals surface area contributed by atoms with Crippen molar-refractivity contribution in [2.45, 2.75) is 38.5 Å². The van der Waals surface area contributed by atoms with Crippen LogP contribution in [0.4, 0.5) is 0 Å². The molecule has 0 aliphatic carbocycles. The standard InChI is InChI=1S/C25H42N6O/c1-3-28-13-15-29(16-14-28)12-8-7-11-27-25(26-2)31-20-23-24(21-31)32-18-17-30(23)19-22-9-5-4-6-10-22/h4-6,9-10,23-24H,3,7-8,11-21H2,1-2H3,(H,26,27). The van der Waals surface area contributed by atoms with E-state index in [9.17, 15) is 0 Å². The van der Waals surface area contributed by atoms with Gasteiger partial charge in [0.05, 0.1) is 18.8 Å². The minimum atomic E-state index is 0.271. The van der Waals surface area contributed by atoms with E-state index in [2.05, 4.69) is 67.2 Å². The number of nitrogens with zero attached hydrogens (tertiary/aromatic N) is 5. The van der Waals surface area contributed by atoms with E-state index < -0.39 is 0 Å². The van der Waals surface area contributed by atoms with Crippen molar-refractivity contribution in [1.82, 2.24) is 24.9 Å². The van der Waals surface area contributed by atoms with Gasteiger partial charge in [-0.25, -0.2) is 0 Å². The second-order valence-corrected chi connectivity index (χ2v) is 9.29. The van der Waals surface area contributed by atoms with Crippen LogP contribution in [0.15, 0.2) is 35.3 Å². The van der Waals surface area contributed by atoms with Gasteiger partial charge in [-0.15, -0.1) is 0 Å². The van der Waals surface area contributed by atoms with Gasteiger partial charge in [-0.1, -0.05) is 37.3 Å². The molecule has 0 radical (unpaired) electrons. The van der Waals surface area contributed by atoms with E-state index in [0.717, 1.165) is 45.3 Å². The van der Waals surface area contributed by atoms with Crippen LogP contribution in [0.1, 0.15) is 25.3 Å². The summed E-state index contributed by atoms with van der Waals surface area (Å²) in [6.07, 6.45) is 2.70. The minimum Gasteiger partial charge on any atom is -0.373 e. The number of likely N-dealkylation sites (N-methyl/N-ethyl adjacent to an activating group) is 1. The maximum Gasteiger partial charge on any atom is 0.193 e. The van der Waals surface area contributed by atoms with E-state index >= 15 is 0 Å². The molecule has 0 aromatic heterocycles. The van der Waals surface area contributed by atoms with Crippen LogP contribution in [-0.2, 0) is 11.3 Å². The van der Waals surface area contributed by atoms with E-state index in [1.54, 1.807) is 0 Å². The predicted octanol–water partition coefficient (Wildman–Crippen LogP) is 1.56. The minimum absolute atomic E-state index is 0.271. The second kappa shape index (κ2) is 12.0. The van der Waals surface area contributed by atoms with Gasteiger partial charge >= 0.3 is 0 Å². The van der Waals surface area contributed by atoms with E-state index in [-0.39, 0.29) is 6.10 Å². The van der Waals surface area contributed by atoms with Crippen LogP contribution in [0.5, 0.6) is 0 Å². The van der Waals surface area contributed by atoms with E-state index in [1.165, 1.54) is 57.7 Å². The zero-order valence-corrected chi connectivity index (χ0v) is 20.1. The summed E-state index contributed by atoms with van der Waals surface area (Å²) in [7, 11) is 1.90. The molecule has 0 saturated carbocycles. The summed E-state index contributed by atoms with van der Waals surface area (Å²) in [5, 5.41) is 3.61. The quantitative estimate of drug-likeness (QED) is 0.375. The van der Waals surface area contributed by atoms with Gasteiger partial charge in [0.1, 0.15) is 0 Å². The highest BCUT2D eigenvalue weighted by Crippen LogP contribution is 2.24. The lowest BCUT2D eigenvalue weighted by Crippen LogP contribution is -2.50. The first-order valence-corrected chi connectivity index (χ1v) is 12.6. The van der Waals surface area contributed by atoms with Gasteiger partial charge in [0.25, 0.3) is 0 Å². The van der Waals surface area contributed by atoms with Gasteiger partial charge in [-0.2, -0.15) is 0 Å². The van der Waals surface area contributed by atoms with Crippen LogP contribution in [0.2, 0.25) is 0 Å². The number of likely N-dealkylation sites (tertiary alicyclic amines) is 1. The number of nitrogens with one attached hydrogen (secondary N) is 1. The van der Waals surface area contributed by atoms with Crippen molar-refractivity contribution in [3.8, 4) is 0 Å². The van der Waals surface area contributed by atoms with Crippen LogP contribution in [0, 0.1) is 0 Å². The number of ether oxygens (including phenoxy) is 1. The molecule has 3 aliphatic heterocycles. The summed E-state index contributed by atoms with van der Waals surface area (Å²) in [5.41, 5.74) is 1.38. The molecule has 3 aliphatic rings. The summed E-state index contributed by atoms with van der Waals surface area (Å²) >= 11 is 0. The summed E-state index contributed by atoms with van der Waals surface area (Å²) in [6.45, 7) is 15.3. The average molecular weight is 443 g/mol. The van der Waals surface area contributed by atoms with Crippen LogP contribution in [0.3, 0.4) is 0 Å². The lowest BCUT2D eigenvalue weighted by molar-refractivity contribution is -0.0502. The topological polar surface area (TPSA) is 46.6 Å². The normalized spacial score (nSPS) is 25.8. The molecular formula is C25H42N6O. The fourth-order valence-corrected chi connectivity index (χ4v) is 5.27. The summed E-state index contributed by atoms with van der Waals surface area (Å²) in [6, 6.07) is 11.2. The molecule has 3 fully saturated rings. The Morgan fingerprint density at radius 3 is 2.56 bits per heavy atom. The molecule has 0 spiro atoms. The largest absolute Gasteiger partial charge is 0.373 e. The van der Waals surface area contributed by atoms with E-state index in [4.69, 9.17) is 4.74 Å². The monoisotopic (exact) mass is 442 g/mol. The van der Waals surface area contributed by atoms with E-state index in [1.807, 2.05) is 7.05 Å². The molecular weight excluding hydrogens is 400 g/mol. The number of aliphatic imine (C=N–C) groups is 1. The van der Waals surface area contributed by atoms with Crippen molar-refractivity contribution in [2.75, 3.05) is 79.1 Å². The number of fused-ring (bicyclic) bond motifs is 1. The van der Waals surface area contributed by atoms with Crippen LogP contribution >= 0.6 is 0 Å². The maximum atomic E-state index is 6.15. The Kier molecular flexibility index (Phi) is 8.79. The van der Waals surface area contributed by atoms with Crippen molar-refractivity contribution in [2.24, 2.45) is 4.99 Å². The Balaban J connectivity index is 1.18. The first kappa shape index (κ1) is 23.5. The van der Waals surface area contributed by atoms with Gasteiger partial charge in [-0.3, -0.25) is 9.89 Å². The molecule has 7 heteroatoms. The second-order valence-electron chi connectivity index (χ2n) is 9.29. The molecule has 4 rings (SSSR count). The van der Waals surface area contributed by atoms with Gasteiger partial charge < -0.3 is 24.8 Å². The molecule has 3 saturated heterocycles. The number of guanidine groups is 1. The number of rotatable bonds is 8. The molecule has 178 valence electrons. The highest BCUT2D eigenvalue weighted by atomic mass is 16.5. The fraction of sp³-hybridized carbons (Fsp3) is 0.720. The Bertz CT molecular complexity index is 706. The number of unbranched alkanes of at least 4 members (excludes halogenated alkanes) is 1. The van der Waals surface area contributed by atoms with Crippen molar-refractivity contribution >= 4 is 5.96 Å². The summed E-state index contributed by atoms with van der Waals surface area (Å²) in [4.78, 5) is 14.7. The Hall–Kier alpha value is -1.67. The summed E-state index contributed by atoms with van der Waals surface area (Å²) < 4.78 is 6.15. The Labute approximate surface area is 194 Å². The number of morpholine rings is 1. The van der Waals surface area contributed by atoms with Crippen LogP contribution in [0.25, 0.3) is 0 Å². The smallest absolute Gasteiger partial charge is 0.193 e. The predicted molar refractivity (Wildman–Crippen MR) is 131 cm³/mol. The first-order chi connectivity index (χ1) is 15.8. The number of hydrogen-bond acceptors (Lipinski definition) is 5. The molecule has 2 atom stereocenters. The van der Waals surface area contributed by atoms with Crippen molar-refractivity contribution < 1.29 is 4.74 Å². The molecule has 0 amide bonds. The van der Waals surface area contributed by atoms with Gasteiger partial charge in [-0.05, 0) is 31.5 Å². The van der Waals surface area contributed by atoms with Crippen LogP contribution < -0.4 is 5.32 Å². The van der Waals surface area contributed by atoms with Crippen molar-refractivity contribution in [3.05, 3.63) is 35.9 Å². The van der Waals surface area contributed by atoms with Crippen LogP contribution in [-0.4, -0.2) is 117 Å². The number of piperazine rings is 1. The molecule has 1 N–H and O–H groups in total. The van der Waals surface area contributed by atoms with Gasteiger partial charge in [0, 0.05) is 66.0 Å². The van der Waals surface area contributed by atoms with Crippen molar-refractivity contribution in [3.63, 3.8) is 0 Å². The summed E-state index contributed by atoms with van der Waals surface area (Å²) in [5.74, 6) is 1.03. The van der Waals surface area contributed by atoms with Gasteiger partial charge in [0.2, 0.25) is 0 Å². The molecule has 1 aromatic rings. The van der Waals surface area contributed by atoms with E-state index in [0.29, 0.717) is 6.04 Å². The highest BCUT2D eigenvalue weighted by molar-refractivity contribution is 5.80.